The monoisotopic (exact) mass is 1140 g/mol. The Morgan fingerprint density at radius 1 is 0.507 bits per heavy atom. The number of nitrogens with zero attached hydrogens (tertiary/aromatic N) is 5. The van der Waals surface area contributed by atoms with Crippen molar-refractivity contribution >= 4 is 43.9 Å². The Kier molecular flexibility index (Phi) is 12.1. The minimum absolute atomic E-state index is 0. The molecule has 370 valence electrons. The van der Waals surface area contributed by atoms with E-state index in [0.717, 1.165) is 100 Å². The third-order valence-electron chi connectivity index (χ3n) is 14.2. The Bertz CT molecular complexity index is 3910. The van der Waals surface area contributed by atoms with Crippen molar-refractivity contribution in [1.29, 1.82) is 0 Å². The molecule has 0 aliphatic carbocycles. The topological polar surface area (TPSA) is 81.9 Å². The molecular weight excluding hydrogens is 1080 g/mol. The maximum Gasteiger partial charge on any atom is 0.227 e. The van der Waals surface area contributed by atoms with Gasteiger partial charge in [-0.15, -0.1) is 5.39 Å². The minimum Gasteiger partial charge on any atom is -0.507 e. The maximum atomic E-state index is 12.7. The number of rotatable bonds is 6. The Balaban J connectivity index is 0.00000611. The van der Waals surface area contributed by atoms with Gasteiger partial charge in [-0.1, -0.05) is 161 Å². The summed E-state index contributed by atoms with van der Waals surface area (Å²) in [4.78, 5) is 16.4. The zero-order valence-electron chi connectivity index (χ0n) is 43.8. The van der Waals surface area contributed by atoms with Gasteiger partial charge in [-0.3, -0.25) is 4.57 Å². The minimum atomic E-state index is -0.354. The van der Waals surface area contributed by atoms with E-state index >= 15 is 0 Å². The standard InChI is InChI=1S/C65H62N5O2.Pt/c1-62(2,3)41-30-31-53(46(32-41)39-22-15-13-16-23-39)70-54-29-21-27-45(58(54)68-60(70)48-33-42(63(4,5)6)34-49(59(48)71)65(10,11)12)50-35-43(64(7,8)9)36-57(66-50)69-52-28-20-19-26-44(52)47-37-56-51(38-55(47)69)67-61(72-56)40-24-17-14-18-25-40;/h13-27,29-38,71H,1-12H3;/q-1;. The molecule has 0 radical (unpaired) electrons. The van der Waals surface area contributed by atoms with Gasteiger partial charge in [-0.05, 0) is 110 Å². The second-order valence-corrected chi connectivity index (χ2v) is 23.6. The van der Waals surface area contributed by atoms with Gasteiger partial charge in [0.25, 0.3) is 0 Å². The summed E-state index contributed by atoms with van der Waals surface area (Å²) in [5.74, 6) is 2.23. The van der Waals surface area contributed by atoms with Crippen molar-refractivity contribution in [1.82, 2.24) is 24.1 Å². The van der Waals surface area contributed by atoms with Crippen molar-refractivity contribution in [3.8, 4) is 62.5 Å². The average molecular weight is 1140 g/mol. The second-order valence-electron chi connectivity index (χ2n) is 23.6. The van der Waals surface area contributed by atoms with E-state index in [1.54, 1.807) is 0 Å². The largest absolute Gasteiger partial charge is 0.507 e. The molecule has 4 heterocycles. The molecule has 7 aromatic carbocycles. The quantitative estimate of drug-likeness (QED) is 0.168. The molecule has 0 aliphatic heterocycles. The number of para-hydroxylation sites is 2. The normalized spacial score (nSPS) is 12.6. The van der Waals surface area contributed by atoms with E-state index in [9.17, 15) is 5.11 Å². The number of pyridine rings is 1. The van der Waals surface area contributed by atoms with Crippen molar-refractivity contribution in [3.05, 3.63) is 180 Å². The fraction of sp³-hybridized carbons (Fsp3) is 0.246. The van der Waals surface area contributed by atoms with Crippen LogP contribution in [0.5, 0.6) is 5.75 Å². The molecule has 11 rings (SSSR count). The summed E-state index contributed by atoms with van der Waals surface area (Å²) in [6, 6.07) is 56.5. The SMILES string of the molecule is CC(C)(C)c1cc(-c2cccc3c2nc(-c2cc(C(C)(C)C)cc(C(C)(C)C)c2O)n3-c2ccc(C(C)(C)C)cc2-c2ccccc2)nc(-n2c3[c-]cccc3c3cc4oc(-c5ccccc5)nc4cc32)c1.[Pt]. The molecule has 7 nitrogen and oxygen atoms in total. The summed E-state index contributed by atoms with van der Waals surface area (Å²) < 4.78 is 10.9. The molecule has 0 saturated carbocycles. The smallest absolute Gasteiger partial charge is 0.227 e. The maximum absolute atomic E-state index is 12.7. The van der Waals surface area contributed by atoms with Crippen molar-refractivity contribution in [3.63, 3.8) is 0 Å². The van der Waals surface area contributed by atoms with Gasteiger partial charge < -0.3 is 14.1 Å². The summed E-state index contributed by atoms with van der Waals surface area (Å²) in [6.07, 6.45) is 0. The van der Waals surface area contributed by atoms with Crippen LogP contribution in [-0.4, -0.2) is 29.2 Å². The van der Waals surface area contributed by atoms with Crippen LogP contribution in [0.4, 0.5) is 0 Å². The summed E-state index contributed by atoms with van der Waals surface area (Å²) in [5, 5.41) is 14.7. The number of hydrogen-bond donors (Lipinski definition) is 1. The first-order valence-electron chi connectivity index (χ1n) is 25.1. The summed E-state index contributed by atoms with van der Waals surface area (Å²) in [5.41, 5.74) is 14.9. The number of benzene rings is 7. The van der Waals surface area contributed by atoms with Crippen LogP contribution < -0.4 is 0 Å². The Morgan fingerprint density at radius 2 is 1.16 bits per heavy atom. The number of aromatic hydroxyl groups is 1. The van der Waals surface area contributed by atoms with Crippen LogP contribution in [0.3, 0.4) is 0 Å². The molecule has 0 aliphatic rings. The predicted molar refractivity (Wildman–Crippen MR) is 298 cm³/mol. The zero-order chi connectivity index (χ0) is 50.6. The van der Waals surface area contributed by atoms with Gasteiger partial charge in [-0.25, -0.2) is 15.0 Å². The van der Waals surface area contributed by atoms with Gasteiger partial charge in [0.1, 0.15) is 22.9 Å². The van der Waals surface area contributed by atoms with E-state index in [0.29, 0.717) is 17.3 Å². The van der Waals surface area contributed by atoms with Gasteiger partial charge in [0.2, 0.25) is 5.89 Å². The van der Waals surface area contributed by atoms with E-state index in [1.165, 1.54) is 5.56 Å². The van der Waals surface area contributed by atoms with Gasteiger partial charge in [-0.2, -0.15) is 24.3 Å². The number of imidazole rings is 1. The molecule has 0 amide bonds. The van der Waals surface area contributed by atoms with Crippen LogP contribution in [0.1, 0.15) is 105 Å². The summed E-state index contributed by atoms with van der Waals surface area (Å²) in [6.45, 7) is 26.7. The molecule has 11 aromatic rings. The fourth-order valence-corrected chi connectivity index (χ4v) is 10.0. The first-order chi connectivity index (χ1) is 34.1. The third kappa shape index (κ3) is 8.80. The van der Waals surface area contributed by atoms with Crippen LogP contribution in [0.2, 0.25) is 0 Å². The summed E-state index contributed by atoms with van der Waals surface area (Å²) in [7, 11) is 0. The molecule has 0 spiro atoms. The molecule has 0 saturated heterocycles. The van der Waals surface area contributed by atoms with Crippen LogP contribution in [0.15, 0.2) is 156 Å². The molecule has 4 aromatic heterocycles. The van der Waals surface area contributed by atoms with Crippen molar-refractivity contribution in [2.45, 2.75) is 105 Å². The van der Waals surface area contributed by atoms with Gasteiger partial charge in [0, 0.05) is 48.8 Å². The Labute approximate surface area is 443 Å². The summed E-state index contributed by atoms with van der Waals surface area (Å²) >= 11 is 0. The number of phenolic OH excluding ortho intramolecular Hbond substituents is 1. The van der Waals surface area contributed by atoms with E-state index in [2.05, 4.69) is 207 Å². The van der Waals surface area contributed by atoms with Crippen LogP contribution in [0.25, 0.3) is 101 Å². The van der Waals surface area contributed by atoms with E-state index in [1.807, 2.05) is 42.5 Å². The molecule has 73 heavy (non-hydrogen) atoms. The van der Waals surface area contributed by atoms with E-state index < -0.39 is 0 Å². The molecule has 0 unspecified atom stereocenters. The molecular formula is C65H62N5O2Pt-. The number of hydrogen-bond acceptors (Lipinski definition) is 5. The van der Waals surface area contributed by atoms with Crippen LogP contribution in [-0.2, 0) is 42.7 Å². The molecule has 8 heteroatoms. The molecule has 0 fully saturated rings. The van der Waals surface area contributed by atoms with Gasteiger partial charge >= 0.3 is 0 Å². The van der Waals surface area contributed by atoms with Crippen LogP contribution in [0, 0.1) is 6.07 Å². The number of aromatic nitrogens is 5. The molecule has 1 N–H and O–H groups in total. The first kappa shape index (κ1) is 49.5. The van der Waals surface area contributed by atoms with Crippen molar-refractivity contribution in [2.75, 3.05) is 0 Å². The Morgan fingerprint density at radius 3 is 1.84 bits per heavy atom. The average Bonchev–Trinajstić information content (AvgIpc) is 4.04. The van der Waals surface area contributed by atoms with Crippen molar-refractivity contribution in [2.24, 2.45) is 0 Å². The van der Waals surface area contributed by atoms with E-state index in [-0.39, 0.29) is 48.5 Å². The number of phenols is 1. The Hall–Kier alpha value is -7.08. The van der Waals surface area contributed by atoms with Crippen LogP contribution >= 0.6 is 0 Å². The fourth-order valence-electron chi connectivity index (χ4n) is 10.0. The molecule has 0 atom stereocenters. The van der Waals surface area contributed by atoms with Gasteiger partial charge in [0.15, 0.2) is 5.58 Å². The molecule has 0 bridgehead atoms. The number of oxazole rings is 1. The van der Waals surface area contributed by atoms with E-state index in [4.69, 9.17) is 19.4 Å². The first-order valence-corrected chi connectivity index (χ1v) is 25.1. The van der Waals surface area contributed by atoms with Crippen molar-refractivity contribution < 1.29 is 30.6 Å². The van der Waals surface area contributed by atoms with Gasteiger partial charge in [0.05, 0.1) is 28.0 Å². The predicted octanol–water partition coefficient (Wildman–Crippen LogP) is 17.0. The zero-order valence-corrected chi connectivity index (χ0v) is 46.1. The number of fused-ring (bicyclic) bond motifs is 5. The third-order valence-corrected chi connectivity index (χ3v) is 14.2. The second kappa shape index (κ2) is 17.8.